The Labute approximate surface area is 789 Å². The maximum atomic E-state index is 15.1. The normalized spacial score (nSPS) is 18.4. The first-order valence-corrected chi connectivity index (χ1v) is 51.5. The number of hydrogen-bond donors (Lipinski definition) is 0. The van der Waals surface area contributed by atoms with Crippen LogP contribution >= 0.6 is 0 Å². The molecule has 4 aliphatic rings. The van der Waals surface area contributed by atoms with Crippen LogP contribution in [0, 0.1) is 64.4 Å². The van der Waals surface area contributed by atoms with Gasteiger partial charge in [-0.3, -0.25) is 0 Å². The Hall–Kier alpha value is -9.85. The van der Waals surface area contributed by atoms with Gasteiger partial charge < -0.3 is 0 Å². The molecule has 0 heterocycles. The Morgan fingerprint density at radius 2 is 0.424 bits per heavy atom. The van der Waals surface area contributed by atoms with Crippen LogP contribution in [-0.4, -0.2) is 0 Å². The molecule has 0 bridgehead atoms. The molecule has 0 saturated heterocycles. The van der Waals surface area contributed by atoms with Gasteiger partial charge >= 0.3 is 0 Å². The number of aryl methyl sites for hydroxylation is 4. The van der Waals surface area contributed by atoms with E-state index < -0.39 is 34.9 Å². The molecule has 4 fully saturated rings. The molecule has 0 atom stereocenters. The van der Waals surface area contributed by atoms with E-state index in [9.17, 15) is 4.39 Å². The average molecular weight is 1780 g/mol. The molecule has 0 N–H and O–H groups in total. The van der Waals surface area contributed by atoms with Gasteiger partial charge in [0.05, 0.1) is 0 Å². The van der Waals surface area contributed by atoms with Gasteiger partial charge in [0.2, 0.25) is 0 Å². The van der Waals surface area contributed by atoms with Crippen LogP contribution in [-0.2, 0) is 25.7 Å². The zero-order valence-electron chi connectivity index (χ0n) is 80.6. The summed E-state index contributed by atoms with van der Waals surface area (Å²) >= 11 is 0. The van der Waals surface area contributed by atoms with E-state index in [1.165, 1.54) is 231 Å². The van der Waals surface area contributed by atoms with Crippen molar-refractivity contribution < 1.29 is 30.7 Å². The van der Waals surface area contributed by atoms with Gasteiger partial charge in [0.25, 0.3) is 0 Å². The third-order valence-corrected chi connectivity index (χ3v) is 29.9. The van der Waals surface area contributed by atoms with Crippen LogP contribution in [0.25, 0.3) is 89.0 Å². The van der Waals surface area contributed by atoms with E-state index in [1.807, 2.05) is 121 Å². The summed E-state index contributed by atoms with van der Waals surface area (Å²) in [6, 6.07) is 80.8. The van der Waals surface area contributed by atoms with Crippen molar-refractivity contribution >= 4 is 0 Å². The second kappa shape index (κ2) is 51.0. The Morgan fingerprint density at radius 1 is 0.189 bits per heavy atom. The van der Waals surface area contributed by atoms with Gasteiger partial charge in [-0.1, -0.05) is 401 Å². The highest BCUT2D eigenvalue weighted by Crippen LogP contribution is 2.46. The van der Waals surface area contributed by atoms with Crippen molar-refractivity contribution in [2.45, 2.75) is 317 Å². The first-order valence-electron chi connectivity index (χ1n) is 51.5. The summed E-state index contributed by atoms with van der Waals surface area (Å²) in [6.07, 6.45) is 46.6. The number of hydrogen-bond acceptors (Lipinski definition) is 0. The van der Waals surface area contributed by atoms with Gasteiger partial charge in [0.15, 0.2) is 34.9 Å². The summed E-state index contributed by atoms with van der Waals surface area (Å²) in [4.78, 5) is 0. The molecule has 0 spiro atoms. The zero-order valence-corrected chi connectivity index (χ0v) is 80.6. The Morgan fingerprint density at radius 3 is 0.689 bits per heavy atom. The molecular formula is C125H147F7. The van der Waals surface area contributed by atoms with Crippen LogP contribution in [0.4, 0.5) is 30.7 Å². The molecule has 16 rings (SSSR count). The molecule has 0 amide bonds. The minimum Gasteiger partial charge on any atom is -0.206 e. The average Bonchev–Trinajstić information content (AvgIpc) is 0.792. The predicted octanol–water partition coefficient (Wildman–Crippen LogP) is 39.1. The highest BCUT2D eigenvalue weighted by atomic mass is 19.2. The van der Waals surface area contributed by atoms with Crippen LogP contribution in [0.2, 0.25) is 0 Å². The van der Waals surface area contributed by atoms with Crippen LogP contribution < -0.4 is 0 Å². The lowest BCUT2D eigenvalue weighted by Gasteiger charge is -2.29. The Balaban J connectivity index is 0.000000150. The molecule has 12 aromatic carbocycles. The summed E-state index contributed by atoms with van der Waals surface area (Å²) in [7, 11) is 0. The van der Waals surface area contributed by atoms with Crippen molar-refractivity contribution in [2.24, 2.45) is 23.7 Å². The molecule has 12 aromatic rings. The highest BCUT2D eigenvalue weighted by molar-refractivity contribution is 5.76. The zero-order chi connectivity index (χ0) is 92.7. The fourth-order valence-corrected chi connectivity index (χ4v) is 21.5. The summed E-state index contributed by atoms with van der Waals surface area (Å²) in [5, 5.41) is 0. The van der Waals surface area contributed by atoms with Crippen molar-refractivity contribution in [1.82, 2.24) is 0 Å². The van der Waals surface area contributed by atoms with E-state index in [0.29, 0.717) is 79.3 Å². The van der Waals surface area contributed by atoms with Crippen LogP contribution in [0.5, 0.6) is 0 Å². The lowest BCUT2D eigenvalue weighted by atomic mass is 9.77. The maximum absolute atomic E-state index is 15.1. The molecule has 132 heavy (non-hydrogen) atoms. The Bertz CT molecular complexity index is 5440. The topological polar surface area (TPSA) is 0 Å². The summed E-state index contributed by atoms with van der Waals surface area (Å²) in [6.45, 7) is 17.7. The second-order valence-corrected chi connectivity index (χ2v) is 39.1. The van der Waals surface area contributed by atoms with Gasteiger partial charge in [-0.25, -0.2) is 30.7 Å². The molecular weight excluding hydrogens is 1630 g/mol. The van der Waals surface area contributed by atoms with Crippen LogP contribution in [0.3, 0.4) is 0 Å². The third-order valence-electron chi connectivity index (χ3n) is 29.9. The lowest BCUT2D eigenvalue weighted by molar-refractivity contribution is 0.303. The van der Waals surface area contributed by atoms with E-state index in [4.69, 9.17) is 0 Å². The molecule has 0 aliphatic heterocycles. The highest BCUT2D eigenvalue weighted by Gasteiger charge is 2.29. The monoisotopic (exact) mass is 1780 g/mol. The van der Waals surface area contributed by atoms with E-state index in [1.54, 1.807) is 42.5 Å². The van der Waals surface area contributed by atoms with Crippen LogP contribution in [0.1, 0.15) is 335 Å². The molecule has 7 heteroatoms. The second-order valence-electron chi connectivity index (χ2n) is 39.1. The SMILES string of the molecule is CCCCC1CCC(c2ccc(-c3ccc(-c4ccc(CCC)cc4)c(F)c3F)cc2)CC1.CCCCCC1CCC(c2ccc(-c3ccc(-c4ccc(CC)cc4)cc3F)cc2)CC1.CCCCCC1CCC(c2ccc(-c3ccc(-c4ccc(CCC)cc4)c(F)c3F)cc2)CC1.CCCCc1ccc(-c2ccc(-c3ccc(C4CCC(CCC)CC4)cc3)c(F)c2F)cc1. The molecule has 696 valence electrons. The quantitative estimate of drug-likeness (QED) is 0.0284. The van der Waals surface area contributed by atoms with Crippen molar-refractivity contribution in [3.8, 4) is 89.0 Å². The van der Waals surface area contributed by atoms with Crippen molar-refractivity contribution in [1.29, 1.82) is 0 Å². The van der Waals surface area contributed by atoms with Gasteiger partial charge in [0.1, 0.15) is 5.82 Å². The first-order chi connectivity index (χ1) is 64.5. The van der Waals surface area contributed by atoms with Crippen molar-refractivity contribution in [3.63, 3.8) is 0 Å². The maximum Gasteiger partial charge on any atom is 0.167 e. The van der Waals surface area contributed by atoms with E-state index >= 15 is 26.3 Å². The number of rotatable bonds is 33. The van der Waals surface area contributed by atoms with E-state index in [-0.39, 0.29) is 5.82 Å². The molecule has 0 aromatic heterocycles. The van der Waals surface area contributed by atoms with Crippen molar-refractivity contribution in [2.75, 3.05) is 0 Å². The predicted molar refractivity (Wildman–Crippen MR) is 546 cm³/mol. The summed E-state index contributed by atoms with van der Waals surface area (Å²) in [5.41, 5.74) is 20.3. The third kappa shape index (κ3) is 27.0. The summed E-state index contributed by atoms with van der Waals surface area (Å²) < 4.78 is 105. The van der Waals surface area contributed by atoms with Gasteiger partial charge in [-0.15, -0.1) is 0 Å². The molecule has 0 nitrogen and oxygen atoms in total. The van der Waals surface area contributed by atoms with Gasteiger partial charge in [0, 0.05) is 38.9 Å². The molecule has 0 radical (unpaired) electrons. The number of halogens is 7. The summed E-state index contributed by atoms with van der Waals surface area (Å²) in [5.74, 6) is 1.27. The largest absolute Gasteiger partial charge is 0.206 e. The van der Waals surface area contributed by atoms with Gasteiger partial charge in [-0.2, -0.15) is 0 Å². The Kier molecular flexibility index (Phi) is 38.5. The first kappa shape index (κ1) is 99.6. The van der Waals surface area contributed by atoms with E-state index in [2.05, 4.69) is 140 Å². The number of unbranched alkanes of at least 4 members (excludes halogenated alkanes) is 6. The standard InChI is InChI=1S/C32H38F2.2C31H36F2.C31H37F/c1-3-5-6-8-24-9-13-25(14-10-24)26-17-19-28(20-18-26)30-22-21-29(31(33)32(30)34)27-15-11-23(7-4-2)12-16-27;1-3-5-7-23-8-12-24(13-9-23)25-16-18-27(19-17-25)29-21-20-28(30(32)31(29)33)26-14-10-22(6-4-2)11-15-26;1-3-5-7-23-10-14-26(15-11-23)28-20-21-29(31(33)30(28)32)27-18-16-25(17-19-27)24-12-8-22(6-4-2)9-13-24;1-3-5-6-7-24-10-14-25(15-11-24)26-16-18-28(19-17-26)30-21-20-29(22-31(30)32)27-12-8-23(4-2)9-13-27/h11-12,15-22,24-25H,3-10,13-14H2,1-2H3;10-11,14-21,23-24H,3-9,12-13H2,1-2H3;10-11,14-22,24H,3-9,12-13H2,1-2H3;8-9,12-13,16-22,24-25H,3-7,10-11,14-15H2,1-2H3. The minimum atomic E-state index is -0.773. The van der Waals surface area contributed by atoms with Crippen molar-refractivity contribution in [3.05, 3.63) is 334 Å². The fourth-order valence-electron chi connectivity index (χ4n) is 21.5. The smallest absolute Gasteiger partial charge is 0.167 e. The van der Waals surface area contributed by atoms with E-state index in [0.717, 1.165) is 108 Å². The van der Waals surface area contributed by atoms with Gasteiger partial charge in [-0.05, 0) is 283 Å². The molecule has 4 saturated carbocycles. The number of benzene rings is 12. The minimum absolute atomic E-state index is 0.151. The lowest BCUT2D eigenvalue weighted by Crippen LogP contribution is -2.13. The molecule has 0 unspecified atom stereocenters. The fraction of sp³-hybridized carbons (Fsp3) is 0.424. The molecule has 4 aliphatic carbocycles. The van der Waals surface area contributed by atoms with Crippen LogP contribution in [0.15, 0.2) is 249 Å².